The van der Waals surface area contributed by atoms with Gasteiger partial charge in [-0.2, -0.15) is 5.10 Å². The molecule has 20 heavy (non-hydrogen) atoms. The van der Waals surface area contributed by atoms with Crippen molar-refractivity contribution in [3.05, 3.63) is 27.9 Å². The summed E-state index contributed by atoms with van der Waals surface area (Å²) < 4.78 is 9.23. The van der Waals surface area contributed by atoms with E-state index in [1.165, 1.54) is 52.2 Å². The van der Waals surface area contributed by atoms with Gasteiger partial charge in [-0.1, -0.05) is 6.92 Å². The van der Waals surface area contributed by atoms with Crippen LogP contribution in [0.4, 0.5) is 0 Å². The molecule has 4 heteroatoms. The monoisotopic (exact) mass is 334 g/mol. The summed E-state index contributed by atoms with van der Waals surface area (Å²) in [5, 5.41) is 5.84. The number of rotatable bonds is 1. The van der Waals surface area contributed by atoms with E-state index in [0.29, 0.717) is 5.92 Å². The lowest BCUT2D eigenvalue weighted by molar-refractivity contribution is -0.0366. The van der Waals surface area contributed by atoms with Crippen molar-refractivity contribution in [1.29, 1.82) is 0 Å². The Bertz CT molecular complexity index is 658. The summed E-state index contributed by atoms with van der Waals surface area (Å²) in [6.07, 6.45) is 8.02. The van der Waals surface area contributed by atoms with Gasteiger partial charge in [0.15, 0.2) is 6.23 Å². The summed E-state index contributed by atoms with van der Waals surface area (Å²) in [7, 11) is 0. The van der Waals surface area contributed by atoms with Crippen molar-refractivity contribution in [2.45, 2.75) is 51.2 Å². The molecule has 0 radical (unpaired) electrons. The third-order valence-electron chi connectivity index (χ3n) is 4.73. The highest BCUT2D eigenvalue weighted by Gasteiger charge is 2.26. The zero-order valence-electron chi connectivity index (χ0n) is 11.7. The average Bonchev–Trinajstić information content (AvgIpc) is 3.05. The molecule has 4 rings (SSSR count). The summed E-state index contributed by atoms with van der Waals surface area (Å²) in [4.78, 5) is 0. The summed E-state index contributed by atoms with van der Waals surface area (Å²) in [5.41, 5.74) is 4.19. The molecule has 1 fully saturated rings. The third kappa shape index (κ3) is 1.85. The van der Waals surface area contributed by atoms with Crippen molar-refractivity contribution < 1.29 is 4.74 Å². The summed E-state index contributed by atoms with van der Waals surface area (Å²) >= 11 is 3.82. The fourth-order valence-corrected chi connectivity index (χ4v) is 4.57. The normalized spacial score (nSPS) is 26.1. The van der Waals surface area contributed by atoms with E-state index in [1.807, 2.05) is 6.20 Å². The van der Waals surface area contributed by atoms with E-state index < -0.39 is 0 Å². The summed E-state index contributed by atoms with van der Waals surface area (Å²) in [6.45, 7) is 3.17. The van der Waals surface area contributed by atoms with E-state index in [9.17, 15) is 0 Å². The first-order valence-corrected chi connectivity index (χ1v) is 8.35. The molecular formula is C16H19BrN2O. The highest BCUT2D eigenvalue weighted by Crippen LogP contribution is 2.42. The number of aromatic nitrogens is 2. The number of hydrogen-bond acceptors (Lipinski definition) is 2. The summed E-state index contributed by atoms with van der Waals surface area (Å²) in [6, 6.07) is 2.34. The minimum absolute atomic E-state index is 0.116. The van der Waals surface area contributed by atoms with Gasteiger partial charge in [-0.15, -0.1) is 0 Å². The topological polar surface area (TPSA) is 27.1 Å². The van der Waals surface area contributed by atoms with Crippen molar-refractivity contribution in [1.82, 2.24) is 9.78 Å². The van der Waals surface area contributed by atoms with Crippen molar-refractivity contribution in [3.63, 3.8) is 0 Å². The van der Waals surface area contributed by atoms with Crippen LogP contribution in [0.1, 0.15) is 55.9 Å². The molecule has 0 N–H and O–H groups in total. The van der Waals surface area contributed by atoms with E-state index >= 15 is 0 Å². The second kappa shape index (κ2) is 4.85. The molecule has 1 aromatic carbocycles. The molecule has 2 aliphatic rings. The number of halogens is 1. The van der Waals surface area contributed by atoms with Gasteiger partial charge in [-0.05, 0) is 71.1 Å². The van der Waals surface area contributed by atoms with Crippen molar-refractivity contribution in [3.8, 4) is 0 Å². The van der Waals surface area contributed by atoms with Gasteiger partial charge in [-0.3, -0.25) is 0 Å². The Morgan fingerprint density at radius 2 is 2.25 bits per heavy atom. The zero-order valence-corrected chi connectivity index (χ0v) is 13.3. The molecule has 1 aliphatic carbocycles. The van der Waals surface area contributed by atoms with Gasteiger partial charge < -0.3 is 4.74 Å². The molecule has 1 saturated heterocycles. The van der Waals surface area contributed by atoms with Crippen LogP contribution < -0.4 is 0 Å². The lowest BCUT2D eigenvalue weighted by Gasteiger charge is -2.23. The van der Waals surface area contributed by atoms with E-state index in [0.717, 1.165) is 13.0 Å². The van der Waals surface area contributed by atoms with Gasteiger partial charge in [0.1, 0.15) is 0 Å². The van der Waals surface area contributed by atoms with E-state index in [4.69, 9.17) is 4.74 Å². The Morgan fingerprint density at radius 3 is 3.05 bits per heavy atom. The largest absolute Gasteiger partial charge is 0.356 e. The highest BCUT2D eigenvalue weighted by atomic mass is 79.9. The SMILES string of the molecule is CC1CCc2cc3c(cnn3C3CCCCO3)c(Br)c21. The molecule has 2 atom stereocenters. The van der Waals surface area contributed by atoms with E-state index in [-0.39, 0.29) is 6.23 Å². The molecule has 0 amide bonds. The van der Waals surface area contributed by atoms with Gasteiger partial charge in [-0.25, -0.2) is 4.68 Å². The van der Waals surface area contributed by atoms with Crippen molar-refractivity contribution in [2.75, 3.05) is 6.61 Å². The highest BCUT2D eigenvalue weighted by molar-refractivity contribution is 9.10. The quantitative estimate of drug-likeness (QED) is 0.765. The van der Waals surface area contributed by atoms with Crippen LogP contribution in [0, 0.1) is 0 Å². The maximum absolute atomic E-state index is 5.90. The first kappa shape index (κ1) is 12.8. The third-order valence-corrected chi connectivity index (χ3v) is 5.59. The minimum atomic E-state index is 0.116. The molecule has 1 aliphatic heterocycles. The number of ether oxygens (including phenoxy) is 1. The maximum Gasteiger partial charge on any atom is 0.150 e. The Hall–Kier alpha value is -0.870. The smallest absolute Gasteiger partial charge is 0.150 e. The molecule has 0 bridgehead atoms. The fourth-order valence-electron chi connectivity index (χ4n) is 3.62. The maximum atomic E-state index is 5.90. The number of fused-ring (bicyclic) bond motifs is 2. The zero-order chi connectivity index (χ0) is 13.7. The Morgan fingerprint density at radius 1 is 1.35 bits per heavy atom. The first-order chi connectivity index (χ1) is 9.75. The van der Waals surface area contributed by atoms with Gasteiger partial charge in [0.2, 0.25) is 0 Å². The van der Waals surface area contributed by atoms with E-state index in [1.54, 1.807) is 0 Å². The second-order valence-corrected chi connectivity index (χ2v) is 6.84. The van der Waals surface area contributed by atoms with Crippen molar-refractivity contribution >= 4 is 26.8 Å². The molecule has 0 saturated carbocycles. The molecule has 3 nitrogen and oxygen atoms in total. The number of nitrogens with zero attached hydrogens (tertiary/aromatic N) is 2. The predicted molar refractivity (Wildman–Crippen MR) is 83.0 cm³/mol. The van der Waals surface area contributed by atoms with Crippen LogP contribution in [-0.4, -0.2) is 16.4 Å². The van der Waals surface area contributed by atoms with E-state index in [2.05, 4.69) is 38.7 Å². The number of benzene rings is 1. The molecule has 2 unspecified atom stereocenters. The van der Waals surface area contributed by atoms with Crippen LogP contribution in [0.15, 0.2) is 16.7 Å². The Balaban J connectivity index is 1.87. The molecule has 1 aromatic heterocycles. The number of aryl methyl sites for hydroxylation is 1. The second-order valence-electron chi connectivity index (χ2n) is 6.05. The van der Waals surface area contributed by atoms with Crippen LogP contribution in [0.3, 0.4) is 0 Å². The average molecular weight is 335 g/mol. The molecule has 2 heterocycles. The minimum Gasteiger partial charge on any atom is -0.356 e. The molecular weight excluding hydrogens is 316 g/mol. The summed E-state index contributed by atoms with van der Waals surface area (Å²) in [5.74, 6) is 0.651. The van der Waals surface area contributed by atoms with Crippen LogP contribution in [-0.2, 0) is 11.2 Å². The molecule has 2 aromatic rings. The van der Waals surface area contributed by atoms with Gasteiger partial charge in [0.25, 0.3) is 0 Å². The predicted octanol–water partition coefficient (Wildman–Crippen LogP) is 4.55. The molecule has 106 valence electrons. The standard InChI is InChI=1S/C16H19BrN2O/c1-10-5-6-11-8-13-12(16(17)15(10)11)9-18-19(13)14-4-2-3-7-20-14/h8-10,14H,2-7H2,1H3. The van der Waals surface area contributed by atoms with Crippen LogP contribution >= 0.6 is 15.9 Å². The lowest BCUT2D eigenvalue weighted by Crippen LogP contribution is -2.19. The van der Waals surface area contributed by atoms with Crippen LogP contribution in [0.2, 0.25) is 0 Å². The number of hydrogen-bond donors (Lipinski definition) is 0. The fraction of sp³-hybridized carbons (Fsp3) is 0.562. The first-order valence-electron chi connectivity index (χ1n) is 7.56. The van der Waals surface area contributed by atoms with Gasteiger partial charge in [0.05, 0.1) is 11.7 Å². The Kier molecular flexibility index (Phi) is 3.11. The van der Waals surface area contributed by atoms with Crippen molar-refractivity contribution in [2.24, 2.45) is 0 Å². The Labute approximate surface area is 127 Å². The molecule has 0 spiro atoms. The lowest BCUT2D eigenvalue weighted by atomic mass is 10.0. The van der Waals surface area contributed by atoms with Gasteiger partial charge in [0, 0.05) is 16.5 Å². The van der Waals surface area contributed by atoms with Crippen LogP contribution in [0.25, 0.3) is 10.9 Å². The van der Waals surface area contributed by atoms with Gasteiger partial charge >= 0.3 is 0 Å². The van der Waals surface area contributed by atoms with Crippen LogP contribution in [0.5, 0.6) is 0 Å².